The van der Waals surface area contributed by atoms with Crippen molar-refractivity contribution in [1.82, 2.24) is 4.90 Å². The lowest BCUT2D eigenvalue weighted by molar-refractivity contribution is -0.130. The summed E-state index contributed by atoms with van der Waals surface area (Å²) in [7, 11) is 0. The van der Waals surface area contributed by atoms with Gasteiger partial charge in [0.1, 0.15) is 0 Å². The minimum Gasteiger partial charge on any atom is -0.338 e. The Morgan fingerprint density at radius 1 is 1.25 bits per heavy atom. The van der Waals surface area contributed by atoms with Gasteiger partial charge < -0.3 is 4.90 Å². The van der Waals surface area contributed by atoms with Crippen molar-refractivity contribution in [1.29, 1.82) is 0 Å². The normalized spacial score (nSPS) is 37.3. The molecule has 3 heteroatoms. The highest BCUT2D eigenvalue weighted by Crippen LogP contribution is 2.57. The number of piperidine rings is 1. The van der Waals surface area contributed by atoms with Gasteiger partial charge in [-0.15, -0.1) is 0 Å². The Labute approximate surface area is 118 Å². The van der Waals surface area contributed by atoms with Crippen molar-refractivity contribution >= 4 is 17.3 Å². The van der Waals surface area contributed by atoms with E-state index in [-0.39, 0.29) is 5.41 Å². The average Bonchev–Trinajstić information content (AvgIpc) is 2.96. The molecule has 1 aromatic carbocycles. The SMILES string of the molecule is O=C1C[C@]23C(=Nc4ccccc42)CC[C@H]2CCCN1[C@@H]23. The van der Waals surface area contributed by atoms with Crippen molar-refractivity contribution in [3.63, 3.8) is 0 Å². The van der Waals surface area contributed by atoms with Gasteiger partial charge in [0, 0.05) is 24.7 Å². The molecule has 0 radical (unpaired) electrons. The van der Waals surface area contributed by atoms with Crippen LogP contribution in [0.3, 0.4) is 0 Å². The zero-order valence-electron chi connectivity index (χ0n) is 11.5. The molecule has 3 nitrogen and oxygen atoms in total. The maximum atomic E-state index is 12.6. The van der Waals surface area contributed by atoms with Crippen molar-refractivity contribution in [2.75, 3.05) is 6.54 Å². The van der Waals surface area contributed by atoms with Crippen LogP contribution in [0.25, 0.3) is 0 Å². The predicted octanol–water partition coefficient (Wildman–Crippen LogP) is 2.82. The molecule has 0 aromatic heterocycles. The van der Waals surface area contributed by atoms with E-state index in [0.29, 0.717) is 24.3 Å². The highest BCUT2D eigenvalue weighted by Gasteiger charge is 2.62. The molecule has 0 N–H and O–H groups in total. The molecule has 3 atom stereocenters. The second-order valence-electron chi connectivity index (χ2n) is 6.70. The van der Waals surface area contributed by atoms with Crippen LogP contribution in [0.15, 0.2) is 29.3 Å². The van der Waals surface area contributed by atoms with E-state index in [9.17, 15) is 4.79 Å². The minimum atomic E-state index is -0.0724. The van der Waals surface area contributed by atoms with E-state index < -0.39 is 0 Å². The summed E-state index contributed by atoms with van der Waals surface area (Å²) < 4.78 is 0. The second-order valence-corrected chi connectivity index (χ2v) is 6.70. The van der Waals surface area contributed by atoms with E-state index >= 15 is 0 Å². The summed E-state index contributed by atoms with van der Waals surface area (Å²) in [4.78, 5) is 19.7. The van der Waals surface area contributed by atoms with Crippen molar-refractivity contribution in [3.8, 4) is 0 Å². The van der Waals surface area contributed by atoms with Crippen LogP contribution in [-0.4, -0.2) is 29.1 Å². The number of aliphatic imine (C=N–C) groups is 1. The monoisotopic (exact) mass is 266 g/mol. The zero-order valence-corrected chi connectivity index (χ0v) is 11.5. The van der Waals surface area contributed by atoms with Crippen molar-refractivity contribution < 1.29 is 4.79 Å². The Balaban J connectivity index is 1.77. The van der Waals surface area contributed by atoms with Gasteiger partial charge in [0.2, 0.25) is 5.91 Å². The van der Waals surface area contributed by atoms with Crippen molar-refractivity contribution in [3.05, 3.63) is 29.8 Å². The van der Waals surface area contributed by atoms with Crippen LogP contribution >= 0.6 is 0 Å². The first-order chi connectivity index (χ1) is 9.80. The van der Waals surface area contributed by atoms with Gasteiger partial charge in [0.25, 0.3) is 0 Å². The van der Waals surface area contributed by atoms with Crippen LogP contribution in [0.4, 0.5) is 5.69 Å². The summed E-state index contributed by atoms with van der Waals surface area (Å²) >= 11 is 0. The van der Waals surface area contributed by atoms with Gasteiger partial charge in [-0.25, -0.2) is 0 Å². The maximum absolute atomic E-state index is 12.6. The Morgan fingerprint density at radius 2 is 2.15 bits per heavy atom. The van der Waals surface area contributed by atoms with Crippen LogP contribution < -0.4 is 0 Å². The molecule has 1 aromatic rings. The number of carbonyl (C=O) groups is 1. The van der Waals surface area contributed by atoms with Gasteiger partial charge in [0.05, 0.1) is 11.1 Å². The lowest BCUT2D eigenvalue weighted by Gasteiger charge is -2.48. The third-order valence-electron chi connectivity index (χ3n) is 5.92. The van der Waals surface area contributed by atoms with E-state index in [4.69, 9.17) is 4.99 Å². The molecule has 1 saturated carbocycles. The number of hydrogen-bond donors (Lipinski definition) is 0. The third kappa shape index (κ3) is 1.10. The molecule has 5 rings (SSSR count). The molecule has 0 bridgehead atoms. The molecular formula is C17H18N2O. The third-order valence-corrected chi connectivity index (χ3v) is 5.92. The molecule has 1 amide bonds. The van der Waals surface area contributed by atoms with Gasteiger partial charge in [-0.1, -0.05) is 18.2 Å². The first kappa shape index (κ1) is 11.1. The summed E-state index contributed by atoms with van der Waals surface area (Å²) in [5.41, 5.74) is 3.65. The van der Waals surface area contributed by atoms with Gasteiger partial charge in [-0.05, 0) is 43.2 Å². The fourth-order valence-electron chi connectivity index (χ4n) is 5.25. The molecule has 2 saturated heterocycles. The Bertz CT molecular complexity index is 650. The van der Waals surface area contributed by atoms with Crippen LogP contribution in [0.5, 0.6) is 0 Å². The van der Waals surface area contributed by atoms with Crippen LogP contribution in [0.2, 0.25) is 0 Å². The summed E-state index contributed by atoms with van der Waals surface area (Å²) in [5, 5.41) is 0. The highest BCUT2D eigenvalue weighted by atomic mass is 16.2. The van der Waals surface area contributed by atoms with E-state index in [2.05, 4.69) is 29.2 Å². The van der Waals surface area contributed by atoms with Gasteiger partial charge in [-0.2, -0.15) is 0 Å². The van der Waals surface area contributed by atoms with Gasteiger partial charge >= 0.3 is 0 Å². The molecule has 4 aliphatic rings. The quantitative estimate of drug-likeness (QED) is 0.710. The average molecular weight is 266 g/mol. The summed E-state index contributed by atoms with van der Waals surface area (Å²) in [6, 6.07) is 8.87. The van der Waals surface area contributed by atoms with E-state index in [1.165, 1.54) is 30.5 Å². The lowest BCUT2D eigenvalue weighted by atomic mass is 9.60. The number of amides is 1. The number of hydrogen-bond acceptors (Lipinski definition) is 2. The lowest BCUT2D eigenvalue weighted by Crippen LogP contribution is -2.56. The molecule has 102 valence electrons. The number of para-hydroxylation sites is 1. The smallest absolute Gasteiger partial charge is 0.224 e. The van der Waals surface area contributed by atoms with E-state index in [0.717, 1.165) is 18.7 Å². The topological polar surface area (TPSA) is 32.7 Å². The standard InChI is InChI=1S/C17H18N2O/c20-15-10-17-12-5-1-2-6-13(12)18-14(17)8-7-11-4-3-9-19(15)16(11)17/h1-2,5-6,11,16H,3-4,7-10H2/t11-,16+,17-/m1/s1. The van der Waals surface area contributed by atoms with Crippen LogP contribution in [-0.2, 0) is 10.2 Å². The Hall–Kier alpha value is -1.64. The Morgan fingerprint density at radius 3 is 3.10 bits per heavy atom. The first-order valence-corrected chi connectivity index (χ1v) is 7.78. The zero-order chi connectivity index (χ0) is 13.3. The summed E-state index contributed by atoms with van der Waals surface area (Å²) in [6.07, 6.45) is 5.41. The highest BCUT2D eigenvalue weighted by molar-refractivity contribution is 6.08. The Kier molecular flexibility index (Phi) is 1.94. The predicted molar refractivity (Wildman–Crippen MR) is 77.3 cm³/mol. The van der Waals surface area contributed by atoms with E-state index in [1.807, 2.05) is 0 Å². The van der Waals surface area contributed by atoms with Crippen molar-refractivity contribution in [2.45, 2.75) is 43.6 Å². The molecule has 3 fully saturated rings. The molecule has 1 spiro atoms. The van der Waals surface area contributed by atoms with Crippen LogP contribution in [0.1, 0.15) is 37.7 Å². The van der Waals surface area contributed by atoms with Crippen molar-refractivity contribution in [2.24, 2.45) is 10.9 Å². The fraction of sp³-hybridized carbons (Fsp3) is 0.529. The molecule has 3 aliphatic heterocycles. The second kappa shape index (κ2) is 3.51. The summed E-state index contributed by atoms with van der Waals surface area (Å²) in [5.74, 6) is 1.03. The fourth-order valence-corrected chi connectivity index (χ4v) is 5.25. The summed E-state index contributed by atoms with van der Waals surface area (Å²) in [6.45, 7) is 0.956. The maximum Gasteiger partial charge on any atom is 0.224 e. The molecule has 20 heavy (non-hydrogen) atoms. The van der Waals surface area contributed by atoms with Gasteiger partial charge in [-0.3, -0.25) is 9.79 Å². The largest absolute Gasteiger partial charge is 0.338 e. The number of rotatable bonds is 0. The number of nitrogens with zero attached hydrogens (tertiary/aromatic N) is 2. The molecule has 3 heterocycles. The number of benzene rings is 1. The van der Waals surface area contributed by atoms with E-state index in [1.54, 1.807) is 0 Å². The first-order valence-electron chi connectivity index (χ1n) is 7.78. The molecule has 1 aliphatic carbocycles. The number of fused-ring (bicyclic) bond motifs is 1. The minimum absolute atomic E-state index is 0.0724. The van der Waals surface area contributed by atoms with Crippen LogP contribution in [0, 0.1) is 5.92 Å². The molecule has 0 unspecified atom stereocenters. The number of carbonyl (C=O) groups excluding carboxylic acids is 1. The van der Waals surface area contributed by atoms with Gasteiger partial charge in [0.15, 0.2) is 0 Å². The molecular weight excluding hydrogens is 248 g/mol.